The quantitative estimate of drug-likeness (QED) is 0.625. The summed E-state index contributed by atoms with van der Waals surface area (Å²) >= 11 is 0. The summed E-state index contributed by atoms with van der Waals surface area (Å²) in [6, 6.07) is 4.92. The molecule has 0 amide bonds. The van der Waals surface area contributed by atoms with Crippen LogP contribution in [-0.4, -0.2) is 23.5 Å². The van der Waals surface area contributed by atoms with Gasteiger partial charge in [-0.2, -0.15) is 13.2 Å². The van der Waals surface area contributed by atoms with Crippen molar-refractivity contribution >= 4 is 0 Å². The molecular formula is C15H24F3N3. The molecule has 0 aliphatic carbocycles. The first-order valence-electron chi connectivity index (χ1n) is 7.06. The third kappa shape index (κ3) is 3.96. The Bertz CT molecular complexity index is 454. The van der Waals surface area contributed by atoms with Crippen LogP contribution >= 0.6 is 0 Å². The van der Waals surface area contributed by atoms with Gasteiger partial charge in [0.05, 0.1) is 11.6 Å². The van der Waals surface area contributed by atoms with Crippen LogP contribution in [0.1, 0.15) is 44.9 Å². The minimum Gasteiger partial charge on any atom is -0.297 e. The number of benzene rings is 1. The Balaban J connectivity index is 3.21. The lowest BCUT2D eigenvalue weighted by Crippen LogP contribution is -2.54. The molecule has 0 radical (unpaired) electrons. The lowest BCUT2D eigenvalue weighted by atomic mass is 9.86. The van der Waals surface area contributed by atoms with Gasteiger partial charge in [0.15, 0.2) is 0 Å². The van der Waals surface area contributed by atoms with Gasteiger partial charge in [0, 0.05) is 5.54 Å². The van der Waals surface area contributed by atoms with Crippen LogP contribution in [0.25, 0.3) is 0 Å². The second kappa shape index (κ2) is 6.77. The maximum Gasteiger partial charge on any atom is 0.416 e. The summed E-state index contributed by atoms with van der Waals surface area (Å²) in [6.07, 6.45) is -4.35. The van der Waals surface area contributed by atoms with E-state index in [0.717, 1.165) is 25.2 Å². The van der Waals surface area contributed by atoms with Gasteiger partial charge in [0.2, 0.25) is 0 Å². The zero-order chi connectivity index (χ0) is 16.3. The highest BCUT2D eigenvalue weighted by Gasteiger charge is 2.36. The smallest absolute Gasteiger partial charge is 0.297 e. The average molecular weight is 303 g/mol. The number of hydrazine groups is 1. The van der Waals surface area contributed by atoms with Crippen molar-refractivity contribution < 1.29 is 13.2 Å². The summed E-state index contributed by atoms with van der Waals surface area (Å²) in [6.45, 7) is 9.58. The number of nitrogens with one attached hydrogen (secondary N) is 1. The van der Waals surface area contributed by atoms with Gasteiger partial charge in [-0.1, -0.05) is 26.0 Å². The molecule has 120 valence electrons. The minimum absolute atomic E-state index is 0.403. The van der Waals surface area contributed by atoms with Crippen molar-refractivity contribution in [2.75, 3.05) is 13.1 Å². The van der Waals surface area contributed by atoms with Crippen molar-refractivity contribution in [2.45, 2.75) is 45.5 Å². The first-order valence-corrected chi connectivity index (χ1v) is 7.06. The molecule has 6 heteroatoms. The first-order chi connectivity index (χ1) is 9.68. The predicted octanol–water partition coefficient (Wildman–Crippen LogP) is 3.33. The first kappa shape index (κ1) is 17.9. The van der Waals surface area contributed by atoms with Crippen molar-refractivity contribution in [1.82, 2.24) is 10.3 Å². The molecule has 0 aliphatic rings. The van der Waals surface area contributed by atoms with Crippen LogP contribution < -0.4 is 11.3 Å². The lowest BCUT2D eigenvalue weighted by molar-refractivity contribution is -0.137. The zero-order valence-corrected chi connectivity index (χ0v) is 13.0. The summed E-state index contributed by atoms with van der Waals surface area (Å²) in [5.41, 5.74) is 2.14. The topological polar surface area (TPSA) is 41.3 Å². The van der Waals surface area contributed by atoms with E-state index in [4.69, 9.17) is 5.84 Å². The number of nitrogens with zero attached hydrogens (tertiary/aromatic N) is 1. The van der Waals surface area contributed by atoms with Crippen LogP contribution in [0.5, 0.6) is 0 Å². The van der Waals surface area contributed by atoms with E-state index in [0.29, 0.717) is 5.56 Å². The van der Waals surface area contributed by atoms with Gasteiger partial charge in [-0.15, -0.1) is 0 Å². The molecule has 1 rings (SSSR count). The number of hydrogen-bond acceptors (Lipinski definition) is 3. The maximum absolute atomic E-state index is 12.9. The molecule has 1 aromatic carbocycles. The number of rotatable bonds is 6. The van der Waals surface area contributed by atoms with Crippen molar-refractivity contribution in [2.24, 2.45) is 5.84 Å². The standard InChI is InChI=1S/C15H24F3N3/c1-5-21(6-2)14(3,4)13(20-19)11-8-7-9-12(10-11)15(16,17)18/h7-10,13,20H,5-6,19H2,1-4H3. The molecule has 3 nitrogen and oxygen atoms in total. The average Bonchev–Trinajstić information content (AvgIpc) is 2.39. The highest BCUT2D eigenvalue weighted by molar-refractivity contribution is 5.30. The number of alkyl halides is 3. The molecule has 0 aliphatic heterocycles. The Hall–Kier alpha value is -1.11. The number of halogens is 3. The molecule has 0 fully saturated rings. The third-order valence-electron chi connectivity index (χ3n) is 4.00. The number of hydrogen-bond donors (Lipinski definition) is 2. The van der Waals surface area contributed by atoms with E-state index in [1.807, 2.05) is 27.7 Å². The van der Waals surface area contributed by atoms with Gasteiger partial charge in [0.1, 0.15) is 0 Å². The Labute approximate surface area is 124 Å². The van der Waals surface area contributed by atoms with Crippen LogP contribution in [0.2, 0.25) is 0 Å². The molecule has 1 atom stereocenters. The number of nitrogens with two attached hydrogens (primary N) is 1. The lowest BCUT2D eigenvalue weighted by Gasteiger charge is -2.43. The van der Waals surface area contributed by atoms with Gasteiger partial charge in [-0.25, -0.2) is 0 Å². The molecule has 0 spiro atoms. The SMILES string of the molecule is CCN(CC)C(C)(C)C(NN)c1cccc(C(F)(F)F)c1. The Morgan fingerprint density at radius 3 is 2.19 bits per heavy atom. The van der Waals surface area contributed by atoms with Gasteiger partial charge in [0.25, 0.3) is 0 Å². The highest BCUT2D eigenvalue weighted by atomic mass is 19.4. The fourth-order valence-corrected chi connectivity index (χ4v) is 2.82. The molecule has 21 heavy (non-hydrogen) atoms. The van der Waals surface area contributed by atoms with E-state index in [1.54, 1.807) is 6.07 Å². The van der Waals surface area contributed by atoms with E-state index in [2.05, 4.69) is 10.3 Å². The monoisotopic (exact) mass is 303 g/mol. The van der Waals surface area contributed by atoms with Crippen molar-refractivity contribution in [3.8, 4) is 0 Å². The second-order valence-electron chi connectivity index (χ2n) is 5.55. The largest absolute Gasteiger partial charge is 0.416 e. The molecule has 0 aromatic heterocycles. The van der Waals surface area contributed by atoms with Gasteiger partial charge < -0.3 is 0 Å². The highest BCUT2D eigenvalue weighted by Crippen LogP contribution is 2.34. The summed E-state index contributed by atoms with van der Waals surface area (Å²) in [4.78, 5) is 2.16. The van der Waals surface area contributed by atoms with Crippen LogP contribution in [0.4, 0.5) is 13.2 Å². The predicted molar refractivity (Wildman–Crippen MR) is 78.5 cm³/mol. The second-order valence-corrected chi connectivity index (χ2v) is 5.55. The molecule has 3 N–H and O–H groups in total. The molecule has 1 aromatic rings. The van der Waals surface area contributed by atoms with Crippen molar-refractivity contribution in [1.29, 1.82) is 0 Å². The van der Waals surface area contributed by atoms with Crippen LogP contribution in [0.15, 0.2) is 24.3 Å². The van der Waals surface area contributed by atoms with Crippen LogP contribution in [-0.2, 0) is 6.18 Å². The fourth-order valence-electron chi connectivity index (χ4n) is 2.82. The normalized spacial score (nSPS) is 14.5. The fraction of sp³-hybridized carbons (Fsp3) is 0.600. The van der Waals surface area contributed by atoms with E-state index >= 15 is 0 Å². The third-order valence-corrected chi connectivity index (χ3v) is 4.00. The maximum atomic E-state index is 12.9. The van der Waals surface area contributed by atoms with Gasteiger partial charge in [-0.05, 0) is 44.6 Å². The van der Waals surface area contributed by atoms with E-state index in [-0.39, 0.29) is 0 Å². The zero-order valence-electron chi connectivity index (χ0n) is 13.0. The minimum atomic E-state index is -4.35. The summed E-state index contributed by atoms with van der Waals surface area (Å²) < 4.78 is 38.6. The molecule has 0 heterocycles. The molecule has 0 saturated heterocycles. The van der Waals surface area contributed by atoms with E-state index in [1.165, 1.54) is 6.07 Å². The van der Waals surface area contributed by atoms with Crippen molar-refractivity contribution in [3.63, 3.8) is 0 Å². The Morgan fingerprint density at radius 2 is 1.76 bits per heavy atom. The Kier molecular flexibility index (Phi) is 5.78. The van der Waals surface area contributed by atoms with Crippen molar-refractivity contribution in [3.05, 3.63) is 35.4 Å². The molecular weight excluding hydrogens is 279 g/mol. The summed E-state index contributed by atoms with van der Waals surface area (Å²) in [7, 11) is 0. The number of likely N-dealkylation sites (N-methyl/N-ethyl adjacent to an activating group) is 1. The van der Waals surface area contributed by atoms with Gasteiger partial charge >= 0.3 is 6.18 Å². The van der Waals surface area contributed by atoms with Crippen LogP contribution in [0.3, 0.4) is 0 Å². The molecule has 0 saturated carbocycles. The van der Waals surface area contributed by atoms with E-state index in [9.17, 15) is 13.2 Å². The van der Waals surface area contributed by atoms with Gasteiger partial charge in [-0.3, -0.25) is 16.2 Å². The molecule has 1 unspecified atom stereocenters. The van der Waals surface area contributed by atoms with E-state index < -0.39 is 23.3 Å². The molecule has 0 bridgehead atoms. The Morgan fingerprint density at radius 1 is 1.19 bits per heavy atom. The van der Waals surface area contributed by atoms with Crippen LogP contribution in [0, 0.1) is 0 Å². The summed E-state index contributed by atoms with van der Waals surface area (Å²) in [5, 5.41) is 0. The summed E-state index contributed by atoms with van der Waals surface area (Å²) in [5.74, 6) is 5.64.